The zero-order valence-corrected chi connectivity index (χ0v) is 15.8. The summed E-state index contributed by atoms with van der Waals surface area (Å²) in [6, 6.07) is 8.96. The van der Waals surface area contributed by atoms with Crippen molar-refractivity contribution in [3.8, 4) is 0 Å². The monoisotopic (exact) mass is 373 g/mol. The predicted octanol–water partition coefficient (Wildman–Crippen LogP) is 3.78. The van der Waals surface area contributed by atoms with E-state index in [9.17, 15) is 9.59 Å². The Balaban J connectivity index is 1.96. The largest absolute Gasteiger partial charge is 0.344 e. The van der Waals surface area contributed by atoms with Crippen molar-refractivity contribution in [2.75, 3.05) is 0 Å². The van der Waals surface area contributed by atoms with Gasteiger partial charge in [-0.25, -0.2) is 0 Å². The zero-order valence-electron chi connectivity index (χ0n) is 14.2. The smallest absolute Gasteiger partial charge is 0.261 e. The summed E-state index contributed by atoms with van der Waals surface area (Å²) < 4.78 is 1.71. The van der Waals surface area contributed by atoms with Gasteiger partial charge in [0.05, 0.1) is 16.9 Å². The minimum absolute atomic E-state index is 0.0506. The Morgan fingerprint density at radius 1 is 1.32 bits per heavy atom. The standard InChI is InChI=1S/C18H19N3O2S2/c1-10(2)15(14-5-4-8-25-14)20-16(22)11-6-7-12-13(9-11)19-18(24)21(3)17(12)23/h4-10,15H,1-3H3,(H,19,24)(H,20,22). The summed E-state index contributed by atoms with van der Waals surface area (Å²) >= 11 is 6.77. The number of carbonyl (C=O) groups is 1. The molecule has 2 N–H and O–H groups in total. The molecule has 0 aliphatic rings. The van der Waals surface area contributed by atoms with Gasteiger partial charge in [0, 0.05) is 17.5 Å². The van der Waals surface area contributed by atoms with Crippen LogP contribution in [0.2, 0.25) is 0 Å². The summed E-state index contributed by atoms with van der Waals surface area (Å²) in [4.78, 5) is 29.1. The molecular weight excluding hydrogens is 354 g/mol. The molecule has 1 aromatic carbocycles. The van der Waals surface area contributed by atoms with Crippen molar-refractivity contribution in [2.45, 2.75) is 19.9 Å². The summed E-state index contributed by atoms with van der Waals surface area (Å²) in [5.41, 5.74) is 0.885. The van der Waals surface area contributed by atoms with Gasteiger partial charge < -0.3 is 10.3 Å². The molecule has 3 aromatic rings. The lowest BCUT2D eigenvalue weighted by Crippen LogP contribution is -2.31. The second-order valence-corrected chi connectivity index (χ2v) is 7.63. The van der Waals surface area contributed by atoms with Crippen molar-refractivity contribution >= 4 is 40.4 Å². The molecule has 2 aromatic heterocycles. The minimum atomic E-state index is -0.177. The predicted molar refractivity (Wildman–Crippen MR) is 104 cm³/mol. The number of aromatic nitrogens is 2. The third-order valence-corrected chi connectivity index (χ3v) is 5.50. The van der Waals surface area contributed by atoms with Gasteiger partial charge in [-0.1, -0.05) is 19.9 Å². The van der Waals surface area contributed by atoms with Crippen molar-refractivity contribution in [3.05, 3.63) is 61.3 Å². The number of amides is 1. The molecule has 130 valence electrons. The molecule has 0 aliphatic heterocycles. The van der Waals surface area contributed by atoms with E-state index < -0.39 is 0 Å². The quantitative estimate of drug-likeness (QED) is 0.684. The number of nitrogens with zero attached hydrogens (tertiary/aromatic N) is 1. The average Bonchev–Trinajstić information content (AvgIpc) is 3.10. The molecule has 0 fully saturated rings. The maximum atomic E-state index is 12.7. The normalized spacial score (nSPS) is 12.5. The number of carbonyl (C=O) groups excluding carboxylic acids is 1. The van der Waals surface area contributed by atoms with Crippen LogP contribution in [0, 0.1) is 10.7 Å². The summed E-state index contributed by atoms with van der Waals surface area (Å²) in [5.74, 6) is 0.0927. The first-order chi connectivity index (χ1) is 11.9. The van der Waals surface area contributed by atoms with Crippen molar-refractivity contribution in [1.29, 1.82) is 0 Å². The van der Waals surface area contributed by atoms with E-state index in [4.69, 9.17) is 12.2 Å². The molecular formula is C18H19N3O2S2. The highest BCUT2D eigenvalue weighted by atomic mass is 32.1. The molecule has 1 unspecified atom stereocenters. The summed E-state index contributed by atoms with van der Waals surface area (Å²) in [6.07, 6.45) is 0. The Kier molecular flexibility index (Phi) is 4.87. The van der Waals surface area contributed by atoms with Crippen LogP contribution >= 0.6 is 23.6 Å². The summed E-state index contributed by atoms with van der Waals surface area (Å²) in [7, 11) is 1.62. The van der Waals surface area contributed by atoms with Crippen LogP contribution in [0.4, 0.5) is 0 Å². The van der Waals surface area contributed by atoms with Gasteiger partial charge in [0.15, 0.2) is 4.77 Å². The number of hydrogen-bond donors (Lipinski definition) is 2. The van der Waals surface area contributed by atoms with Gasteiger partial charge in [0.1, 0.15) is 0 Å². The van der Waals surface area contributed by atoms with Crippen LogP contribution in [0.3, 0.4) is 0 Å². The first-order valence-electron chi connectivity index (χ1n) is 7.96. The number of nitrogens with one attached hydrogen (secondary N) is 2. The maximum absolute atomic E-state index is 12.7. The third-order valence-electron chi connectivity index (χ3n) is 4.17. The van der Waals surface area contributed by atoms with E-state index in [1.165, 1.54) is 4.57 Å². The van der Waals surface area contributed by atoms with E-state index in [2.05, 4.69) is 24.1 Å². The van der Waals surface area contributed by atoms with Crippen molar-refractivity contribution < 1.29 is 4.79 Å². The first kappa shape index (κ1) is 17.6. The molecule has 0 radical (unpaired) electrons. The summed E-state index contributed by atoms with van der Waals surface area (Å²) in [6.45, 7) is 4.15. The Labute approximate surface area is 154 Å². The molecule has 0 aliphatic carbocycles. The van der Waals surface area contributed by atoms with E-state index >= 15 is 0 Å². The minimum Gasteiger partial charge on any atom is -0.344 e. The molecule has 0 spiro atoms. The number of aromatic amines is 1. The molecule has 1 amide bonds. The van der Waals surface area contributed by atoms with Gasteiger partial charge in [-0.05, 0) is 47.8 Å². The number of thiophene rings is 1. The first-order valence-corrected chi connectivity index (χ1v) is 9.24. The average molecular weight is 374 g/mol. The second kappa shape index (κ2) is 6.93. The highest BCUT2D eigenvalue weighted by Crippen LogP contribution is 2.26. The zero-order chi connectivity index (χ0) is 18.1. The van der Waals surface area contributed by atoms with E-state index in [0.717, 1.165) is 4.88 Å². The van der Waals surface area contributed by atoms with Crippen LogP contribution < -0.4 is 10.9 Å². The number of H-pyrrole nitrogens is 1. The van der Waals surface area contributed by atoms with Gasteiger partial charge in [-0.3, -0.25) is 14.2 Å². The summed E-state index contributed by atoms with van der Waals surface area (Å²) in [5, 5.41) is 5.60. The van der Waals surface area contributed by atoms with Crippen LogP contribution in [-0.4, -0.2) is 15.5 Å². The van der Waals surface area contributed by atoms with Crippen molar-refractivity contribution in [3.63, 3.8) is 0 Å². The second-order valence-electron chi connectivity index (χ2n) is 6.27. The highest BCUT2D eigenvalue weighted by Gasteiger charge is 2.20. The van der Waals surface area contributed by atoms with Crippen molar-refractivity contribution in [2.24, 2.45) is 13.0 Å². The van der Waals surface area contributed by atoms with E-state index in [-0.39, 0.29) is 23.4 Å². The molecule has 0 saturated heterocycles. The SMILES string of the molecule is CC(C)C(NC(=O)c1ccc2c(=O)n(C)c(=S)[nH]c2c1)c1cccs1. The van der Waals surface area contributed by atoms with Crippen LogP contribution in [0.15, 0.2) is 40.5 Å². The molecule has 3 rings (SSSR count). The van der Waals surface area contributed by atoms with Gasteiger partial charge in [-0.2, -0.15) is 0 Å². The van der Waals surface area contributed by atoms with Crippen molar-refractivity contribution in [1.82, 2.24) is 14.9 Å². The molecule has 5 nitrogen and oxygen atoms in total. The molecule has 25 heavy (non-hydrogen) atoms. The Bertz CT molecular complexity index is 1030. The fourth-order valence-electron chi connectivity index (χ4n) is 2.71. The lowest BCUT2D eigenvalue weighted by atomic mass is 10.0. The fraction of sp³-hybridized carbons (Fsp3) is 0.278. The van der Waals surface area contributed by atoms with Gasteiger partial charge in [0.25, 0.3) is 11.5 Å². The van der Waals surface area contributed by atoms with E-state index in [0.29, 0.717) is 21.2 Å². The molecule has 0 saturated carbocycles. The topological polar surface area (TPSA) is 66.9 Å². The Morgan fingerprint density at radius 2 is 2.08 bits per heavy atom. The molecule has 7 heteroatoms. The lowest BCUT2D eigenvalue weighted by molar-refractivity contribution is 0.0926. The third kappa shape index (κ3) is 3.43. The van der Waals surface area contributed by atoms with Gasteiger partial charge in [-0.15, -0.1) is 11.3 Å². The number of fused-ring (bicyclic) bond motifs is 1. The van der Waals surface area contributed by atoms with Gasteiger partial charge in [0.2, 0.25) is 0 Å². The number of hydrogen-bond acceptors (Lipinski definition) is 4. The molecule has 0 bridgehead atoms. The maximum Gasteiger partial charge on any atom is 0.261 e. The van der Waals surface area contributed by atoms with Crippen LogP contribution in [-0.2, 0) is 7.05 Å². The molecule has 2 heterocycles. The van der Waals surface area contributed by atoms with Gasteiger partial charge >= 0.3 is 0 Å². The highest BCUT2D eigenvalue weighted by molar-refractivity contribution is 7.71. The number of rotatable bonds is 4. The van der Waals surface area contributed by atoms with E-state index in [1.807, 2.05) is 17.5 Å². The van der Waals surface area contributed by atoms with Crippen LogP contribution in [0.1, 0.15) is 35.1 Å². The fourth-order valence-corrected chi connectivity index (χ4v) is 3.85. The molecule has 1 atom stereocenters. The number of benzene rings is 1. The van der Waals surface area contributed by atoms with E-state index in [1.54, 1.807) is 36.6 Å². The van der Waals surface area contributed by atoms with Crippen LogP contribution in [0.5, 0.6) is 0 Å². The Hall–Kier alpha value is -2.25. The lowest BCUT2D eigenvalue weighted by Gasteiger charge is -2.21. The Morgan fingerprint density at radius 3 is 2.72 bits per heavy atom. The van der Waals surface area contributed by atoms with Crippen LogP contribution in [0.25, 0.3) is 10.9 Å².